The van der Waals surface area contributed by atoms with Crippen LogP contribution in [0.15, 0.2) is 10.7 Å². The van der Waals surface area contributed by atoms with E-state index in [1.165, 1.54) is 17.5 Å². The van der Waals surface area contributed by atoms with E-state index >= 15 is 0 Å². The molecule has 1 aliphatic carbocycles. The molecule has 2 unspecified atom stereocenters. The fourth-order valence-corrected chi connectivity index (χ4v) is 4.43. The molecule has 0 saturated carbocycles. The van der Waals surface area contributed by atoms with E-state index in [0.29, 0.717) is 36.1 Å². The molecule has 4 rings (SSSR count). The molecule has 2 N–H and O–H groups in total. The van der Waals surface area contributed by atoms with Gasteiger partial charge in [0.2, 0.25) is 5.71 Å². The number of aliphatic hydroxyl groups excluding tert-OH is 2. The van der Waals surface area contributed by atoms with Crippen molar-refractivity contribution in [1.29, 1.82) is 0 Å². The largest absolute Gasteiger partial charge is 0.432 e. The highest BCUT2D eigenvalue weighted by Crippen LogP contribution is 2.39. The highest BCUT2D eigenvalue weighted by atomic mass is 16.3. The third-order valence-electron chi connectivity index (χ3n) is 5.41. The van der Waals surface area contributed by atoms with Crippen molar-refractivity contribution in [2.24, 2.45) is 5.92 Å². The Balaban J connectivity index is 1.92. The van der Waals surface area contributed by atoms with Crippen LogP contribution in [0.5, 0.6) is 0 Å². The number of aryl methyl sites for hydroxylation is 1. The Labute approximate surface area is 170 Å². The zero-order valence-electron chi connectivity index (χ0n) is 17.6. The average Bonchev–Trinajstić information content (AvgIpc) is 3.23. The number of hydrogen-bond donors (Lipinski definition) is 2. The van der Waals surface area contributed by atoms with Gasteiger partial charge in [-0.3, -0.25) is 0 Å². The molecule has 29 heavy (non-hydrogen) atoms. The number of anilines is 1. The normalized spacial score (nSPS) is 16.0. The molecule has 0 radical (unpaired) electrons. The molecule has 3 aromatic rings. The summed E-state index contributed by atoms with van der Waals surface area (Å²) in [5.74, 6) is 1.11. The van der Waals surface area contributed by atoms with Crippen molar-refractivity contribution in [1.82, 2.24) is 15.0 Å². The Kier molecular flexibility index (Phi) is 5.44. The van der Waals surface area contributed by atoms with Crippen LogP contribution in [-0.2, 0) is 19.3 Å². The second-order valence-electron chi connectivity index (χ2n) is 8.73. The molecule has 3 aromatic heterocycles. The number of nitrogens with zero attached hydrogens (tertiary/aromatic N) is 4. The SMILES string of the molecule is CC(C)Cc1nc2oc3c(N(CC(C)O)CC(C)O)ncnc3c2c2c1CCC2. The van der Waals surface area contributed by atoms with Crippen LogP contribution in [0.2, 0.25) is 0 Å². The van der Waals surface area contributed by atoms with Gasteiger partial charge in [0.25, 0.3) is 0 Å². The standard InChI is InChI=1S/C22H30N4O3/c1-12(2)8-17-15-6-5-7-16(15)18-19-20(29-22(18)25-17)21(24-11-23-19)26(9-13(3)27)10-14(4)28/h11-14,27-28H,5-10H2,1-4H3. The van der Waals surface area contributed by atoms with Gasteiger partial charge in [-0.15, -0.1) is 0 Å². The van der Waals surface area contributed by atoms with Crippen molar-refractivity contribution < 1.29 is 14.6 Å². The molecular weight excluding hydrogens is 368 g/mol. The van der Waals surface area contributed by atoms with Gasteiger partial charge >= 0.3 is 0 Å². The Morgan fingerprint density at radius 3 is 2.38 bits per heavy atom. The minimum Gasteiger partial charge on any atom is -0.432 e. The lowest BCUT2D eigenvalue weighted by Crippen LogP contribution is -2.37. The molecule has 0 aliphatic heterocycles. The molecule has 2 atom stereocenters. The molecular formula is C22H30N4O3. The Hall–Kier alpha value is -2.25. The first-order valence-electron chi connectivity index (χ1n) is 10.5. The summed E-state index contributed by atoms with van der Waals surface area (Å²) >= 11 is 0. The fourth-order valence-electron chi connectivity index (χ4n) is 4.43. The number of rotatable bonds is 7. The number of furan rings is 1. The van der Waals surface area contributed by atoms with Gasteiger partial charge in [-0.25, -0.2) is 15.0 Å². The predicted octanol–water partition coefficient (Wildman–Crippen LogP) is 3.03. The molecule has 7 heteroatoms. The molecule has 7 nitrogen and oxygen atoms in total. The summed E-state index contributed by atoms with van der Waals surface area (Å²) in [5.41, 5.74) is 5.77. The number of aliphatic hydroxyl groups is 2. The highest BCUT2D eigenvalue weighted by molar-refractivity contribution is 6.06. The lowest BCUT2D eigenvalue weighted by Gasteiger charge is -2.26. The van der Waals surface area contributed by atoms with Crippen molar-refractivity contribution in [2.45, 2.75) is 65.6 Å². The van der Waals surface area contributed by atoms with Crippen LogP contribution in [0.4, 0.5) is 5.82 Å². The van der Waals surface area contributed by atoms with Gasteiger partial charge in [0.15, 0.2) is 11.4 Å². The van der Waals surface area contributed by atoms with E-state index in [1.807, 2.05) is 4.90 Å². The monoisotopic (exact) mass is 398 g/mol. The van der Waals surface area contributed by atoms with Crippen LogP contribution in [0, 0.1) is 5.92 Å². The number of fused-ring (bicyclic) bond motifs is 5. The molecule has 0 spiro atoms. The van der Waals surface area contributed by atoms with Crippen molar-refractivity contribution in [3.05, 3.63) is 23.1 Å². The summed E-state index contributed by atoms with van der Waals surface area (Å²) in [6.45, 7) is 8.55. The summed E-state index contributed by atoms with van der Waals surface area (Å²) in [6.07, 6.45) is 4.53. The van der Waals surface area contributed by atoms with Crippen LogP contribution in [0.25, 0.3) is 22.2 Å². The van der Waals surface area contributed by atoms with E-state index in [-0.39, 0.29) is 0 Å². The smallest absolute Gasteiger partial charge is 0.229 e. The molecule has 0 saturated heterocycles. The van der Waals surface area contributed by atoms with Gasteiger partial charge in [0.05, 0.1) is 17.6 Å². The van der Waals surface area contributed by atoms with Gasteiger partial charge in [0.1, 0.15) is 11.8 Å². The average molecular weight is 399 g/mol. The fraction of sp³-hybridized carbons (Fsp3) is 0.591. The summed E-state index contributed by atoms with van der Waals surface area (Å²) in [7, 11) is 0. The molecule has 1 aliphatic rings. The minimum absolute atomic E-state index is 0.345. The van der Waals surface area contributed by atoms with Crippen LogP contribution < -0.4 is 4.90 Å². The summed E-state index contributed by atoms with van der Waals surface area (Å²) in [5, 5.41) is 20.9. The number of hydrogen-bond acceptors (Lipinski definition) is 7. The molecule has 0 bridgehead atoms. The lowest BCUT2D eigenvalue weighted by atomic mass is 9.99. The number of pyridine rings is 1. The molecule has 0 fully saturated rings. The maximum atomic E-state index is 9.95. The van der Waals surface area contributed by atoms with Gasteiger partial charge in [-0.1, -0.05) is 13.8 Å². The van der Waals surface area contributed by atoms with Gasteiger partial charge in [-0.2, -0.15) is 0 Å². The van der Waals surface area contributed by atoms with E-state index in [9.17, 15) is 10.2 Å². The summed E-state index contributed by atoms with van der Waals surface area (Å²) in [4.78, 5) is 15.7. The Morgan fingerprint density at radius 2 is 1.72 bits per heavy atom. The van der Waals surface area contributed by atoms with Crippen molar-refractivity contribution in [3.8, 4) is 0 Å². The molecule has 0 amide bonds. The number of aromatic nitrogens is 3. The van der Waals surface area contributed by atoms with Crippen LogP contribution in [0.3, 0.4) is 0 Å². The highest BCUT2D eigenvalue weighted by Gasteiger charge is 2.27. The van der Waals surface area contributed by atoms with E-state index < -0.39 is 12.2 Å². The maximum Gasteiger partial charge on any atom is 0.229 e. The van der Waals surface area contributed by atoms with E-state index in [1.54, 1.807) is 13.8 Å². The quantitative estimate of drug-likeness (QED) is 0.631. The summed E-state index contributed by atoms with van der Waals surface area (Å²) < 4.78 is 6.23. The van der Waals surface area contributed by atoms with Gasteiger partial charge < -0.3 is 19.5 Å². The van der Waals surface area contributed by atoms with Gasteiger partial charge in [0, 0.05) is 18.8 Å². The summed E-state index contributed by atoms with van der Waals surface area (Å²) in [6, 6.07) is 0. The van der Waals surface area contributed by atoms with Crippen LogP contribution in [-0.4, -0.2) is 50.5 Å². The van der Waals surface area contributed by atoms with E-state index in [0.717, 1.165) is 42.3 Å². The molecule has 0 aromatic carbocycles. The topological polar surface area (TPSA) is 95.5 Å². The predicted molar refractivity (Wildman–Crippen MR) is 113 cm³/mol. The van der Waals surface area contributed by atoms with Crippen molar-refractivity contribution >= 4 is 28.0 Å². The Morgan fingerprint density at radius 1 is 1.03 bits per heavy atom. The minimum atomic E-state index is -0.567. The first-order chi connectivity index (χ1) is 13.8. The maximum absolute atomic E-state index is 9.95. The molecule has 156 valence electrons. The van der Waals surface area contributed by atoms with Crippen molar-refractivity contribution in [3.63, 3.8) is 0 Å². The molecule has 3 heterocycles. The second-order valence-corrected chi connectivity index (χ2v) is 8.73. The van der Waals surface area contributed by atoms with E-state index in [2.05, 4.69) is 23.8 Å². The first-order valence-corrected chi connectivity index (χ1v) is 10.5. The first kappa shape index (κ1) is 20.0. The third-order valence-corrected chi connectivity index (χ3v) is 5.41. The van der Waals surface area contributed by atoms with Crippen LogP contribution in [0.1, 0.15) is 50.9 Å². The third kappa shape index (κ3) is 3.81. The Bertz CT molecular complexity index is 1020. The zero-order chi connectivity index (χ0) is 20.7. The van der Waals surface area contributed by atoms with Gasteiger partial charge in [-0.05, 0) is 56.6 Å². The van der Waals surface area contributed by atoms with Crippen LogP contribution >= 0.6 is 0 Å². The second kappa shape index (κ2) is 7.88. The zero-order valence-corrected chi connectivity index (χ0v) is 17.6. The van der Waals surface area contributed by atoms with E-state index in [4.69, 9.17) is 9.40 Å². The van der Waals surface area contributed by atoms with Crippen molar-refractivity contribution in [2.75, 3.05) is 18.0 Å². The lowest BCUT2D eigenvalue weighted by molar-refractivity contribution is 0.178.